The van der Waals surface area contributed by atoms with Crippen LogP contribution in [0.25, 0.3) is 5.69 Å². The number of halogens is 1. The van der Waals surface area contributed by atoms with Gasteiger partial charge in [-0.25, -0.2) is 9.07 Å². The number of hydrogen-bond donors (Lipinski definition) is 2. The number of piperidine rings is 1. The van der Waals surface area contributed by atoms with E-state index in [1.807, 2.05) is 0 Å². The molecule has 2 aliphatic rings. The van der Waals surface area contributed by atoms with Gasteiger partial charge in [0.1, 0.15) is 11.5 Å². The van der Waals surface area contributed by atoms with Gasteiger partial charge in [-0.05, 0) is 44.7 Å². The number of aromatic nitrogens is 2. The second-order valence-electron chi connectivity index (χ2n) is 7.14. The number of hydrogen-bond acceptors (Lipinski definition) is 4. The summed E-state index contributed by atoms with van der Waals surface area (Å²) in [7, 11) is 0. The van der Waals surface area contributed by atoms with E-state index in [0.717, 1.165) is 25.7 Å². The van der Waals surface area contributed by atoms with Crippen molar-refractivity contribution in [3.05, 3.63) is 57.8 Å². The van der Waals surface area contributed by atoms with Crippen LogP contribution in [-0.2, 0) is 0 Å². The molecule has 0 radical (unpaired) electrons. The molecule has 2 unspecified atom stereocenters. The smallest absolute Gasteiger partial charge is 0.276 e. The Morgan fingerprint density at radius 1 is 1.27 bits per heavy atom. The van der Waals surface area contributed by atoms with E-state index >= 15 is 0 Å². The highest BCUT2D eigenvalue weighted by Gasteiger charge is 2.34. The third kappa shape index (κ3) is 3.14. The van der Waals surface area contributed by atoms with Crippen LogP contribution in [0.15, 0.2) is 35.1 Å². The van der Waals surface area contributed by atoms with Gasteiger partial charge in [0.25, 0.3) is 5.91 Å². The van der Waals surface area contributed by atoms with E-state index in [-0.39, 0.29) is 17.4 Å². The lowest BCUT2D eigenvalue weighted by molar-refractivity contribution is 0.0916. The van der Waals surface area contributed by atoms with Crippen molar-refractivity contribution in [2.45, 2.75) is 50.7 Å². The fourth-order valence-electron chi connectivity index (χ4n) is 4.00. The molecule has 1 aromatic heterocycles. The summed E-state index contributed by atoms with van der Waals surface area (Å²) in [5.74, 6) is -0.959. The summed E-state index contributed by atoms with van der Waals surface area (Å²) >= 11 is 0. The Morgan fingerprint density at radius 3 is 2.65 bits per heavy atom. The van der Waals surface area contributed by atoms with E-state index in [4.69, 9.17) is 0 Å². The van der Waals surface area contributed by atoms with E-state index in [1.54, 1.807) is 25.1 Å². The third-order valence-corrected chi connectivity index (χ3v) is 5.21. The first-order chi connectivity index (χ1) is 12.5. The Hall–Kier alpha value is -2.54. The van der Waals surface area contributed by atoms with Gasteiger partial charge in [0.2, 0.25) is 5.43 Å². The van der Waals surface area contributed by atoms with Crippen molar-refractivity contribution in [2.24, 2.45) is 0 Å². The Labute approximate surface area is 150 Å². The molecule has 136 valence electrons. The maximum atomic E-state index is 14.1. The molecule has 2 N–H and O–H groups in total. The van der Waals surface area contributed by atoms with E-state index in [0.29, 0.717) is 17.8 Å². The molecule has 2 bridgehead atoms. The van der Waals surface area contributed by atoms with Gasteiger partial charge in [0.15, 0.2) is 5.69 Å². The summed E-state index contributed by atoms with van der Waals surface area (Å²) in [4.78, 5) is 24.9. The number of para-hydroxylation sites is 1. The lowest BCUT2D eigenvalue weighted by Crippen LogP contribution is -2.48. The van der Waals surface area contributed by atoms with Crippen molar-refractivity contribution in [3.63, 3.8) is 0 Å². The quantitative estimate of drug-likeness (QED) is 0.878. The molecule has 0 aliphatic carbocycles. The molecule has 2 saturated heterocycles. The van der Waals surface area contributed by atoms with E-state index in [2.05, 4.69) is 15.7 Å². The minimum absolute atomic E-state index is 0.0330. The Morgan fingerprint density at radius 2 is 1.96 bits per heavy atom. The number of nitrogens with one attached hydrogen (secondary N) is 2. The second-order valence-corrected chi connectivity index (χ2v) is 7.14. The zero-order valence-corrected chi connectivity index (χ0v) is 14.5. The van der Waals surface area contributed by atoms with E-state index < -0.39 is 17.2 Å². The van der Waals surface area contributed by atoms with Crippen molar-refractivity contribution in [1.82, 2.24) is 20.4 Å². The molecule has 4 rings (SSSR count). The molecule has 6 nitrogen and oxygen atoms in total. The van der Waals surface area contributed by atoms with Gasteiger partial charge in [0.05, 0.1) is 0 Å². The highest BCUT2D eigenvalue weighted by molar-refractivity contribution is 5.92. The van der Waals surface area contributed by atoms with Crippen LogP contribution in [0, 0.1) is 12.7 Å². The minimum Gasteiger partial charge on any atom is -0.348 e. The molecule has 2 fully saturated rings. The highest BCUT2D eigenvalue weighted by Crippen LogP contribution is 2.26. The van der Waals surface area contributed by atoms with Gasteiger partial charge in [-0.15, -0.1) is 0 Å². The summed E-state index contributed by atoms with van der Waals surface area (Å²) in [5, 5.41) is 10.6. The zero-order chi connectivity index (χ0) is 18.3. The lowest BCUT2D eigenvalue weighted by atomic mass is 10.00. The first kappa shape index (κ1) is 16.9. The van der Waals surface area contributed by atoms with Crippen LogP contribution in [0.1, 0.15) is 41.9 Å². The predicted octanol–water partition coefficient (Wildman–Crippen LogP) is 1.69. The predicted molar refractivity (Wildman–Crippen MR) is 95.0 cm³/mol. The van der Waals surface area contributed by atoms with Crippen molar-refractivity contribution in [1.29, 1.82) is 0 Å². The zero-order valence-electron chi connectivity index (χ0n) is 14.5. The topological polar surface area (TPSA) is 76.0 Å². The van der Waals surface area contributed by atoms with Gasteiger partial charge in [0, 0.05) is 29.9 Å². The molecule has 0 saturated carbocycles. The Kier molecular flexibility index (Phi) is 4.32. The number of aryl methyl sites for hydroxylation is 1. The van der Waals surface area contributed by atoms with E-state index in [9.17, 15) is 14.0 Å². The number of carbonyl (C=O) groups excluding carboxylic acids is 1. The third-order valence-electron chi connectivity index (χ3n) is 5.21. The normalized spacial score (nSPS) is 24.5. The number of carbonyl (C=O) groups is 1. The number of rotatable bonds is 3. The molecule has 3 heterocycles. The number of amides is 1. The molecule has 1 amide bonds. The Balaban J connectivity index is 1.62. The van der Waals surface area contributed by atoms with Crippen molar-refractivity contribution in [2.75, 3.05) is 0 Å². The second kappa shape index (κ2) is 6.64. The van der Waals surface area contributed by atoms with Crippen LogP contribution in [0.4, 0.5) is 4.39 Å². The van der Waals surface area contributed by atoms with Crippen LogP contribution < -0.4 is 16.1 Å². The monoisotopic (exact) mass is 356 g/mol. The van der Waals surface area contributed by atoms with Crippen molar-refractivity contribution >= 4 is 5.91 Å². The number of benzene rings is 1. The lowest BCUT2D eigenvalue weighted by Gasteiger charge is -2.29. The summed E-state index contributed by atoms with van der Waals surface area (Å²) in [6.07, 6.45) is 3.96. The molecule has 2 atom stereocenters. The van der Waals surface area contributed by atoms with E-state index in [1.165, 1.54) is 16.8 Å². The SMILES string of the molecule is Cc1cc(=O)c(C(=O)NC2CC3CCC(C2)N3)nn1-c1ccccc1F. The average Bonchev–Trinajstić information content (AvgIpc) is 2.94. The minimum atomic E-state index is -0.494. The average molecular weight is 356 g/mol. The van der Waals surface area contributed by atoms with Crippen molar-refractivity contribution in [3.8, 4) is 5.69 Å². The van der Waals surface area contributed by atoms with Crippen LogP contribution >= 0.6 is 0 Å². The Bertz CT molecular complexity index is 899. The standard InChI is InChI=1S/C19H21FN4O2/c1-11-8-17(25)18(23-24(11)16-5-3-2-4-15(16)20)19(26)22-14-9-12-6-7-13(10-14)21-12/h2-5,8,12-14,21H,6-7,9-10H2,1H3,(H,22,26). The fraction of sp³-hybridized carbons (Fsp3) is 0.421. The van der Waals surface area contributed by atoms with Crippen molar-refractivity contribution < 1.29 is 9.18 Å². The van der Waals surface area contributed by atoms with Crippen LogP contribution in [-0.4, -0.2) is 33.8 Å². The first-order valence-electron chi connectivity index (χ1n) is 8.94. The highest BCUT2D eigenvalue weighted by atomic mass is 19.1. The van der Waals surface area contributed by atoms with Gasteiger partial charge < -0.3 is 10.6 Å². The summed E-state index contributed by atoms with van der Waals surface area (Å²) in [6.45, 7) is 1.66. The van der Waals surface area contributed by atoms with Crippen LogP contribution in [0.3, 0.4) is 0 Å². The molecule has 26 heavy (non-hydrogen) atoms. The molecule has 2 aromatic rings. The maximum Gasteiger partial charge on any atom is 0.276 e. The molecular formula is C19H21FN4O2. The number of fused-ring (bicyclic) bond motifs is 2. The van der Waals surface area contributed by atoms with Crippen LogP contribution in [0.2, 0.25) is 0 Å². The summed E-state index contributed by atoms with van der Waals surface area (Å²) < 4.78 is 15.4. The number of nitrogens with zero attached hydrogens (tertiary/aromatic N) is 2. The summed E-state index contributed by atoms with van der Waals surface area (Å²) in [5.41, 5.74) is 0.0183. The maximum absolute atomic E-state index is 14.1. The molecule has 1 aromatic carbocycles. The molecule has 2 aliphatic heterocycles. The van der Waals surface area contributed by atoms with Gasteiger partial charge >= 0.3 is 0 Å². The van der Waals surface area contributed by atoms with Gasteiger partial charge in [-0.3, -0.25) is 9.59 Å². The molecular weight excluding hydrogens is 335 g/mol. The van der Waals surface area contributed by atoms with Gasteiger partial charge in [-0.1, -0.05) is 12.1 Å². The van der Waals surface area contributed by atoms with Gasteiger partial charge in [-0.2, -0.15) is 5.10 Å². The fourth-order valence-corrected chi connectivity index (χ4v) is 4.00. The summed E-state index contributed by atoms with van der Waals surface area (Å²) in [6, 6.07) is 8.36. The van der Waals surface area contributed by atoms with Crippen LogP contribution in [0.5, 0.6) is 0 Å². The molecule has 0 spiro atoms. The first-order valence-corrected chi connectivity index (χ1v) is 8.94. The largest absolute Gasteiger partial charge is 0.348 e. The molecule has 7 heteroatoms.